The molecule has 0 bridgehead atoms. The molecule has 0 aliphatic heterocycles. The Morgan fingerprint density at radius 1 is 1.33 bits per heavy atom. The summed E-state index contributed by atoms with van der Waals surface area (Å²) in [6, 6.07) is 5.96. The number of hydrogen-bond donors (Lipinski definition) is 0. The predicted octanol–water partition coefficient (Wildman–Crippen LogP) is 2.93. The lowest BCUT2D eigenvalue weighted by Gasteiger charge is -2.07. The van der Waals surface area contributed by atoms with Gasteiger partial charge in [-0.2, -0.15) is 0 Å². The molecule has 0 saturated carbocycles. The second-order valence-corrected chi connectivity index (χ2v) is 4.51. The summed E-state index contributed by atoms with van der Waals surface area (Å²) in [6.07, 6.45) is 0. The molecule has 1 heterocycles. The van der Waals surface area contributed by atoms with E-state index in [1.165, 1.54) is 19.2 Å². The van der Waals surface area contributed by atoms with Crippen molar-refractivity contribution in [3.8, 4) is 11.5 Å². The van der Waals surface area contributed by atoms with Crippen molar-refractivity contribution >= 4 is 17.3 Å². The highest BCUT2D eigenvalue weighted by atomic mass is 35.5. The normalized spacial score (nSPS) is 10.2. The molecule has 1 aromatic carbocycles. The smallest absolute Gasteiger partial charge is 0.314 e. The van der Waals surface area contributed by atoms with Crippen LogP contribution >= 0.6 is 11.6 Å². The van der Waals surface area contributed by atoms with Gasteiger partial charge in [-0.05, 0) is 25.1 Å². The molecule has 0 aliphatic carbocycles. The third-order valence-electron chi connectivity index (χ3n) is 2.58. The van der Waals surface area contributed by atoms with Gasteiger partial charge in [0.25, 0.3) is 0 Å². The van der Waals surface area contributed by atoms with E-state index in [1.807, 2.05) is 0 Å². The van der Waals surface area contributed by atoms with Gasteiger partial charge in [0.2, 0.25) is 0 Å². The van der Waals surface area contributed by atoms with Crippen LogP contribution in [0.4, 0.5) is 5.69 Å². The Hall–Kier alpha value is -2.41. The first kappa shape index (κ1) is 15.0. The number of halogens is 1. The Morgan fingerprint density at radius 3 is 2.71 bits per heavy atom. The molecule has 0 saturated heterocycles. The average molecular weight is 310 g/mol. The number of hydrogen-bond acceptors (Lipinski definition) is 6. The van der Waals surface area contributed by atoms with E-state index in [9.17, 15) is 10.1 Å². The van der Waals surface area contributed by atoms with Crippen LogP contribution in [0.5, 0.6) is 11.5 Å². The topological polar surface area (TPSA) is 87.4 Å². The lowest BCUT2D eigenvalue weighted by atomic mass is 10.3. The molecule has 0 atom stereocenters. The van der Waals surface area contributed by atoms with E-state index in [0.29, 0.717) is 22.4 Å². The Morgan fingerprint density at radius 2 is 2.10 bits per heavy atom. The molecule has 8 heteroatoms. The van der Waals surface area contributed by atoms with E-state index in [2.05, 4.69) is 9.97 Å². The summed E-state index contributed by atoms with van der Waals surface area (Å²) in [5.74, 6) is 0.893. The Balaban J connectivity index is 2.16. The van der Waals surface area contributed by atoms with Gasteiger partial charge in [-0.15, -0.1) is 0 Å². The summed E-state index contributed by atoms with van der Waals surface area (Å²) in [4.78, 5) is 18.6. The van der Waals surface area contributed by atoms with Crippen LogP contribution in [0, 0.1) is 17.0 Å². The van der Waals surface area contributed by atoms with Crippen LogP contribution in [0.1, 0.15) is 11.5 Å². The van der Waals surface area contributed by atoms with E-state index < -0.39 is 4.92 Å². The first-order valence-electron chi connectivity index (χ1n) is 5.95. The predicted molar refractivity (Wildman–Crippen MR) is 75.8 cm³/mol. The number of rotatable bonds is 5. The van der Waals surface area contributed by atoms with E-state index >= 15 is 0 Å². The summed E-state index contributed by atoms with van der Waals surface area (Å²) in [7, 11) is 1.37. The molecule has 0 radical (unpaired) electrons. The number of ether oxygens (including phenoxy) is 2. The highest BCUT2D eigenvalue weighted by molar-refractivity contribution is 6.29. The van der Waals surface area contributed by atoms with Crippen LogP contribution < -0.4 is 9.47 Å². The standard InChI is InChI=1S/C13H12ClN3O4/c1-8-5-12(14)16-13(15-8)7-21-9-3-4-11(20-2)10(6-9)17(18)19/h3-6H,7H2,1-2H3. The monoisotopic (exact) mass is 309 g/mol. The summed E-state index contributed by atoms with van der Waals surface area (Å²) in [6.45, 7) is 1.85. The van der Waals surface area contributed by atoms with Crippen molar-refractivity contribution in [3.05, 3.63) is 51.1 Å². The fourth-order valence-electron chi connectivity index (χ4n) is 1.70. The van der Waals surface area contributed by atoms with Crippen molar-refractivity contribution in [2.45, 2.75) is 13.5 Å². The van der Waals surface area contributed by atoms with Gasteiger partial charge >= 0.3 is 5.69 Å². The molecule has 0 spiro atoms. The highest BCUT2D eigenvalue weighted by Crippen LogP contribution is 2.30. The van der Waals surface area contributed by atoms with E-state index in [-0.39, 0.29) is 18.0 Å². The van der Waals surface area contributed by atoms with Gasteiger partial charge in [-0.3, -0.25) is 10.1 Å². The van der Waals surface area contributed by atoms with E-state index in [1.54, 1.807) is 19.1 Å². The zero-order valence-electron chi connectivity index (χ0n) is 11.4. The highest BCUT2D eigenvalue weighted by Gasteiger charge is 2.16. The Labute approximate surface area is 125 Å². The second kappa shape index (κ2) is 6.36. The molecule has 2 rings (SSSR count). The third-order valence-corrected chi connectivity index (χ3v) is 2.78. The van der Waals surface area contributed by atoms with Gasteiger partial charge in [0.15, 0.2) is 11.6 Å². The SMILES string of the molecule is COc1ccc(OCc2nc(C)cc(Cl)n2)cc1[N+](=O)[O-]. The maximum Gasteiger partial charge on any atom is 0.314 e. The maximum absolute atomic E-state index is 10.9. The number of nitro benzene ring substituents is 1. The number of benzene rings is 1. The summed E-state index contributed by atoms with van der Waals surface area (Å²) in [5.41, 5.74) is 0.549. The van der Waals surface area contributed by atoms with Crippen molar-refractivity contribution in [2.75, 3.05) is 7.11 Å². The summed E-state index contributed by atoms with van der Waals surface area (Å²) >= 11 is 5.83. The minimum atomic E-state index is -0.536. The lowest BCUT2D eigenvalue weighted by Crippen LogP contribution is -2.03. The van der Waals surface area contributed by atoms with Gasteiger partial charge in [-0.1, -0.05) is 11.6 Å². The van der Waals surface area contributed by atoms with Crippen LogP contribution in [0.3, 0.4) is 0 Å². The fraction of sp³-hybridized carbons (Fsp3) is 0.231. The van der Waals surface area contributed by atoms with Crippen LogP contribution in [0.15, 0.2) is 24.3 Å². The van der Waals surface area contributed by atoms with E-state index in [0.717, 1.165) is 0 Å². The molecule has 0 aliphatic rings. The molecular weight excluding hydrogens is 298 g/mol. The van der Waals surface area contributed by atoms with Gasteiger partial charge in [0, 0.05) is 5.69 Å². The molecular formula is C13H12ClN3O4. The third kappa shape index (κ3) is 3.79. The minimum Gasteiger partial charge on any atom is -0.490 e. The molecule has 2 aromatic rings. The summed E-state index contributed by atoms with van der Waals surface area (Å²) in [5, 5.41) is 11.2. The molecule has 7 nitrogen and oxygen atoms in total. The van der Waals surface area contributed by atoms with Crippen LogP contribution in [-0.2, 0) is 6.61 Å². The quantitative estimate of drug-likeness (QED) is 0.479. The molecule has 1 aromatic heterocycles. The first-order chi connectivity index (χ1) is 9.99. The first-order valence-corrected chi connectivity index (χ1v) is 6.32. The van der Waals surface area contributed by atoms with Crippen molar-refractivity contribution in [1.29, 1.82) is 0 Å². The van der Waals surface area contributed by atoms with Crippen LogP contribution in [0.2, 0.25) is 5.15 Å². The largest absolute Gasteiger partial charge is 0.490 e. The number of aromatic nitrogens is 2. The van der Waals surface area contributed by atoms with Crippen molar-refractivity contribution in [1.82, 2.24) is 9.97 Å². The Kier molecular flexibility index (Phi) is 4.54. The van der Waals surface area contributed by atoms with Gasteiger partial charge in [-0.25, -0.2) is 9.97 Å². The number of nitro groups is 1. The van der Waals surface area contributed by atoms with Crippen LogP contribution in [0.25, 0.3) is 0 Å². The summed E-state index contributed by atoms with van der Waals surface area (Å²) < 4.78 is 10.4. The zero-order valence-corrected chi connectivity index (χ0v) is 12.1. The minimum absolute atomic E-state index is 0.0604. The number of nitrogens with zero attached hydrogens (tertiary/aromatic N) is 3. The van der Waals surface area contributed by atoms with Gasteiger partial charge < -0.3 is 9.47 Å². The Bertz CT molecular complexity index is 658. The molecule has 0 amide bonds. The number of methoxy groups -OCH3 is 1. The van der Waals surface area contributed by atoms with Gasteiger partial charge in [0.05, 0.1) is 18.1 Å². The second-order valence-electron chi connectivity index (χ2n) is 4.13. The maximum atomic E-state index is 10.9. The number of aryl methyl sites for hydroxylation is 1. The van der Waals surface area contributed by atoms with Crippen molar-refractivity contribution < 1.29 is 14.4 Å². The molecule has 110 valence electrons. The average Bonchev–Trinajstić information content (AvgIpc) is 2.43. The molecule has 0 fully saturated rings. The van der Waals surface area contributed by atoms with E-state index in [4.69, 9.17) is 21.1 Å². The molecule has 21 heavy (non-hydrogen) atoms. The fourth-order valence-corrected chi connectivity index (χ4v) is 1.96. The zero-order chi connectivity index (χ0) is 15.4. The van der Waals surface area contributed by atoms with Gasteiger partial charge in [0.1, 0.15) is 17.5 Å². The van der Waals surface area contributed by atoms with Crippen LogP contribution in [-0.4, -0.2) is 22.0 Å². The lowest BCUT2D eigenvalue weighted by molar-refractivity contribution is -0.385. The molecule has 0 unspecified atom stereocenters. The molecule has 0 N–H and O–H groups in total. The van der Waals surface area contributed by atoms with Crippen molar-refractivity contribution in [3.63, 3.8) is 0 Å². The van der Waals surface area contributed by atoms with Crippen molar-refractivity contribution in [2.24, 2.45) is 0 Å².